The normalized spacial score (nSPS) is 16.9. The number of nitrogens with one attached hydrogen (secondary N) is 1. The van der Waals surface area contributed by atoms with Gasteiger partial charge in [0.1, 0.15) is 23.1 Å². The van der Waals surface area contributed by atoms with Gasteiger partial charge in [0.15, 0.2) is 0 Å². The maximum atomic E-state index is 14.0. The number of unbranched alkanes of at least 4 members (excludes halogenated alkanes) is 1. The predicted molar refractivity (Wildman–Crippen MR) is 167 cm³/mol. The van der Waals surface area contributed by atoms with Gasteiger partial charge in [0, 0.05) is 42.9 Å². The zero-order valence-corrected chi connectivity index (χ0v) is 25.8. The minimum Gasteiger partial charge on any atom is -0.490 e. The second-order valence-corrected chi connectivity index (χ2v) is 12.1. The Bertz CT molecular complexity index is 1510. The maximum absolute atomic E-state index is 14.0. The lowest BCUT2D eigenvalue weighted by Gasteiger charge is -2.30. The number of carbonyl (C=O) groups excluding carboxylic acids is 1. The summed E-state index contributed by atoms with van der Waals surface area (Å²) in [5.74, 6) is 1.17. The van der Waals surface area contributed by atoms with Crippen LogP contribution >= 0.6 is 0 Å². The number of amides is 1. The molecule has 2 N–H and O–H groups in total. The van der Waals surface area contributed by atoms with Crippen molar-refractivity contribution in [3.05, 3.63) is 88.1 Å². The summed E-state index contributed by atoms with van der Waals surface area (Å²) in [7, 11) is 1.67. The highest BCUT2D eigenvalue weighted by molar-refractivity contribution is 5.77. The summed E-state index contributed by atoms with van der Waals surface area (Å²) in [6.07, 6.45) is 8.53. The molecule has 1 saturated carbocycles. The zero-order valence-electron chi connectivity index (χ0n) is 25.8. The first-order valence-electron chi connectivity index (χ1n) is 14.9. The van der Waals surface area contributed by atoms with Crippen LogP contribution in [-0.4, -0.2) is 27.7 Å². The van der Waals surface area contributed by atoms with Gasteiger partial charge in [-0.25, -0.2) is 4.39 Å². The van der Waals surface area contributed by atoms with Crippen molar-refractivity contribution in [2.24, 2.45) is 7.05 Å². The van der Waals surface area contributed by atoms with E-state index < -0.39 is 5.60 Å². The topological polar surface area (TPSA) is 89.8 Å². The minimum atomic E-state index is -1.13. The summed E-state index contributed by atoms with van der Waals surface area (Å²) in [6.45, 7) is 10.7. The molecule has 1 amide bonds. The summed E-state index contributed by atoms with van der Waals surface area (Å²) in [5.41, 5.74) is 1.88. The number of ether oxygens (including phenoxy) is 2. The van der Waals surface area contributed by atoms with Gasteiger partial charge in [0.25, 0.3) is 5.56 Å². The van der Waals surface area contributed by atoms with Crippen molar-refractivity contribution in [3.8, 4) is 28.4 Å². The number of pyridine rings is 1. The van der Waals surface area contributed by atoms with Gasteiger partial charge in [-0.3, -0.25) is 9.59 Å². The van der Waals surface area contributed by atoms with Crippen molar-refractivity contribution in [1.29, 1.82) is 0 Å². The van der Waals surface area contributed by atoms with Crippen LogP contribution in [0, 0.1) is 19.7 Å². The highest BCUT2D eigenvalue weighted by atomic mass is 19.1. The van der Waals surface area contributed by atoms with E-state index in [1.807, 2.05) is 12.1 Å². The van der Waals surface area contributed by atoms with E-state index in [0.717, 1.165) is 38.5 Å². The number of hydrogen-bond donors (Lipinski definition) is 2. The average molecular weight is 591 g/mol. The van der Waals surface area contributed by atoms with Gasteiger partial charge in [-0.1, -0.05) is 12.1 Å². The first-order chi connectivity index (χ1) is 20.3. The standard InChI is InChI=1S/C35H43FN2O5/c1-7-8-9-10-32(39)37-26-12-14-27(15-13-26)42-31-20-33(40)38(6)21-29(31)28-19-24(35(4,5)41)11-16-30(28)43-34-22(2)17-25(36)18-23(34)3/h7,11,16-21,26-27,41H,1,8-10,12-15H2,2-6H3,(H,37,39). The van der Waals surface area contributed by atoms with E-state index in [1.54, 1.807) is 53.1 Å². The Kier molecular flexibility index (Phi) is 10.1. The molecule has 1 fully saturated rings. The van der Waals surface area contributed by atoms with Crippen molar-refractivity contribution in [3.63, 3.8) is 0 Å². The van der Waals surface area contributed by atoms with Gasteiger partial charge >= 0.3 is 0 Å². The number of nitrogens with zero attached hydrogens (tertiary/aromatic N) is 1. The molecule has 1 aliphatic carbocycles. The fourth-order valence-corrected chi connectivity index (χ4v) is 5.50. The highest BCUT2D eigenvalue weighted by Crippen LogP contribution is 2.42. The molecule has 1 aliphatic rings. The predicted octanol–water partition coefficient (Wildman–Crippen LogP) is 6.99. The van der Waals surface area contributed by atoms with Crippen molar-refractivity contribution >= 4 is 5.91 Å². The maximum Gasteiger partial charge on any atom is 0.254 e. The van der Waals surface area contributed by atoms with Crippen LogP contribution in [0.15, 0.2) is 60.0 Å². The average Bonchev–Trinajstić information content (AvgIpc) is 2.93. The number of allylic oxidation sites excluding steroid dienone is 1. The van der Waals surface area contributed by atoms with Gasteiger partial charge in [-0.15, -0.1) is 6.58 Å². The van der Waals surface area contributed by atoms with Crippen LogP contribution in [0.3, 0.4) is 0 Å². The van der Waals surface area contributed by atoms with Crippen LogP contribution in [0.5, 0.6) is 17.2 Å². The minimum absolute atomic E-state index is 0.0610. The number of aliphatic hydroxyl groups is 1. The highest BCUT2D eigenvalue weighted by Gasteiger charge is 2.26. The molecule has 0 radical (unpaired) electrons. The van der Waals surface area contributed by atoms with Crippen molar-refractivity contribution in [2.75, 3.05) is 0 Å². The summed E-state index contributed by atoms with van der Waals surface area (Å²) in [4.78, 5) is 25.1. The van der Waals surface area contributed by atoms with Crippen LogP contribution in [-0.2, 0) is 17.4 Å². The van der Waals surface area contributed by atoms with E-state index in [9.17, 15) is 19.1 Å². The van der Waals surface area contributed by atoms with Crippen molar-refractivity contribution in [1.82, 2.24) is 9.88 Å². The zero-order chi connectivity index (χ0) is 31.3. The molecule has 0 saturated heterocycles. The quantitative estimate of drug-likeness (QED) is 0.186. The third-order valence-corrected chi connectivity index (χ3v) is 7.95. The van der Waals surface area contributed by atoms with E-state index in [0.29, 0.717) is 51.5 Å². The first-order valence-corrected chi connectivity index (χ1v) is 14.9. The van der Waals surface area contributed by atoms with Gasteiger partial charge in [0.2, 0.25) is 5.91 Å². The SMILES string of the molecule is C=CCCCC(=O)NC1CCC(Oc2cc(=O)n(C)cc2-c2cc(C(C)(C)O)ccc2Oc2c(C)cc(F)cc2C)CC1. The largest absolute Gasteiger partial charge is 0.490 e. The van der Waals surface area contributed by atoms with Crippen LogP contribution < -0.4 is 20.3 Å². The third-order valence-electron chi connectivity index (χ3n) is 7.95. The van der Waals surface area contributed by atoms with E-state index in [-0.39, 0.29) is 29.4 Å². The van der Waals surface area contributed by atoms with Crippen molar-refractivity contribution < 1.29 is 23.8 Å². The second-order valence-electron chi connectivity index (χ2n) is 12.1. The van der Waals surface area contributed by atoms with E-state index in [1.165, 1.54) is 22.8 Å². The summed E-state index contributed by atoms with van der Waals surface area (Å²) >= 11 is 0. The Morgan fingerprint density at radius 3 is 2.40 bits per heavy atom. The second kappa shape index (κ2) is 13.6. The Labute approximate surface area is 253 Å². The number of benzene rings is 2. The Balaban J connectivity index is 1.64. The van der Waals surface area contributed by atoms with Gasteiger partial charge < -0.3 is 24.5 Å². The lowest BCUT2D eigenvalue weighted by molar-refractivity contribution is -0.122. The first kappa shape index (κ1) is 32.0. The molecule has 0 unspecified atom stereocenters. The molecule has 1 heterocycles. The Morgan fingerprint density at radius 1 is 1.09 bits per heavy atom. The Morgan fingerprint density at radius 2 is 1.77 bits per heavy atom. The molecule has 1 aromatic heterocycles. The number of aryl methyl sites for hydroxylation is 3. The molecule has 2 aromatic carbocycles. The molecule has 7 nitrogen and oxygen atoms in total. The molecule has 0 aliphatic heterocycles. The number of halogens is 1. The monoisotopic (exact) mass is 590 g/mol. The molecule has 0 bridgehead atoms. The summed E-state index contributed by atoms with van der Waals surface area (Å²) in [5, 5.41) is 14.0. The fraction of sp³-hybridized carbons (Fsp3) is 0.429. The number of carbonyl (C=O) groups is 1. The summed E-state index contributed by atoms with van der Waals surface area (Å²) < 4.78 is 28.4. The smallest absolute Gasteiger partial charge is 0.254 e. The van der Waals surface area contributed by atoms with E-state index in [4.69, 9.17) is 9.47 Å². The molecular weight excluding hydrogens is 547 g/mol. The van der Waals surface area contributed by atoms with Crippen LogP contribution in [0.1, 0.15) is 75.5 Å². The van der Waals surface area contributed by atoms with Crippen LogP contribution in [0.4, 0.5) is 4.39 Å². The molecule has 3 aromatic rings. The van der Waals surface area contributed by atoms with E-state index in [2.05, 4.69) is 11.9 Å². The van der Waals surface area contributed by atoms with Crippen LogP contribution in [0.25, 0.3) is 11.1 Å². The third kappa shape index (κ3) is 8.14. The Hall–Kier alpha value is -3.91. The summed E-state index contributed by atoms with van der Waals surface area (Å²) in [6, 6.07) is 9.85. The lowest BCUT2D eigenvalue weighted by Crippen LogP contribution is -2.39. The molecule has 0 spiro atoms. The molecular formula is C35H43FN2O5. The van der Waals surface area contributed by atoms with Crippen molar-refractivity contribution in [2.45, 2.75) is 90.4 Å². The number of aromatic nitrogens is 1. The molecule has 8 heteroatoms. The number of rotatable bonds is 11. The molecule has 0 atom stereocenters. The number of hydrogen-bond acceptors (Lipinski definition) is 5. The van der Waals surface area contributed by atoms with E-state index >= 15 is 0 Å². The molecule has 230 valence electrons. The lowest BCUT2D eigenvalue weighted by atomic mass is 9.92. The van der Waals surface area contributed by atoms with Gasteiger partial charge in [-0.05, 0) is 107 Å². The van der Waals surface area contributed by atoms with Crippen LogP contribution in [0.2, 0.25) is 0 Å². The molecule has 43 heavy (non-hydrogen) atoms. The fourth-order valence-electron chi connectivity index (χ4n) is 5.50. The van der Waals surface area contributed by atoms with Gasteiger partial charge in [0.05, 0.1) is 11.7 Å². The van der Waals surface area contributed by atoms with Gasteiger partial charge in [-0.2, -0.15) is 0 Å². The molecule has 4 rings (SSSR count).